The van der Waals surface area contributed by atoms with Gasteiger partial charge in [-0.25, -0.2) is 0 Å². The number of amides is 1. The predicted molar refractivity (Wildman–Crippen MR) is 72.9 cm³/mol. The first kappa shape index (κ1) is 13.8. The fraction of sp³-hybridized carbons (Fsp3) is 0.929. The van der Waals surface area contributed by atoms with Gasteiger partial charge in [-0.15, -0.1) is 0 Å². The van der Waals surface area contributed by atoms with Crippen molar-refractivity contribution >= 4 is 5.91 Å². The van der Waals surface area contributed by atoms with Gasteiger partial charge in [0.2, 0.25) is 5.91 Å². The lowest BCUT2D eigenvalue weighted by Gasteiger charge is -2.33. The third-order valence-corrected chi connectivity index (χ3v) is 4.63. The zero-order chi connectivity index (χ0) is 13.0. The molecule has 0 aromatic heterocycles. The Morgan fingerprint density at radius 2 is 1.89 bits per heavy atom. The number of nitrogens with one attached hydrogen (secondary N) is 1. The number of nitrogens with two attached hydrogens (primary N) is 2. The molecule has 104 valence electrons. The molecule has 2 aliphatic rings. The molecular weight excluding hydrogens is 226 g/mol. The second-order valence-electron chi connectivity index (χ2n) is 6.02. The van der Waals surface area contributed by atoms with Gasteiger partial charge in [-0.2, -0.15) is 0 Å². The quantitative estimate of drug-likeness (QED) is 0.705. The summed E-state index contributed by atoms with van der Waals surface area (Å²) in [6, 6.07) is 0.514. The molecule has 4 unspecified atom stereocenters. The van der Waals surface area contributed by atoms with Crippen LogP contribution in [0.1, 0.15) is 51.4 Å². The van der Waals surface area contributed by atoms with Crippen molar-refractivity contribution in [3.8, 4) is 0 Å². The summed E-state index contributed by atoms with van der Waals surface area (Å²) in [6.07, 6.45) is 8.72. The van der Waals surface area contributed by atoms with Crippen molar-refractivity contribution in [3.05, 3.63) is 0 Å². The van der Waals surface area contributed by atoms with Gasteiger partial charge in [0.25, 0.3) is 0 Å². The van der Waals surface area contributed by atoms with Crippen LogP contribution in [0.4, 0.5) is 0 Å². The van der Waals surface area contributed by atoms with Gasteiger partial charge in [0.1, 0.15) is 0 Å². The second kappa shape index (κ2) is 6.53. The van der Waals surface area contributed by atoms with Gasteiger partial charge in [0, 0.05) is 18.0 Å². The van der Waals surface area contributed by atoms with E-state index in [9.17, 15) is 4.79 Å². The van der Waals surface area contributed by atoms with E-state index in [2.05, 4.69) is 5.32 Å². The van der Waals surface area contributed by atoms with Crippen molar-refractivity contribution in [2.45, 2.75) is 63.5 Å². The number of hydrogen-bond acceptors (Lipinski definition) is 3. The van der Waals surface area contributed by atoms with E-state index in [1.165, 1.54) is 12.8 Å². The molecule has 0 heterocycles. The van der Waals surface area contributed by atoms with Crippen LogP contribution in [0, 0.1) is 11.8 Å². The monoisotopic (exact) mass is 253 g/mol. The van der Waals surface area contributed by atoms with Crippen LogP contribution >= 0.6 is 0 Å². The zero-order valence-electron chi connectivity index (χ0n) is 11.2. The number of rotatable bonds is 3. The van der Waals surface area contributed by atoms with Crippen LogP contribution in [0.3, 0.4) is 0 Å². The largest absolute Gasteiger partial charge is 0.353 e. The van der Waals surface area contributed by atoms with E-state index in [1.54, 1.807) is 0 Å². The van der Waals surface area contributed by atoms with E-state index in [0.717, 1.165) is 38.5 Å². The smallest absolute Gasteiger partial charge is 0.223 e. The molecule has 4 nitrogen and oxygen atoms in total. The molecule has 18 heavy (non-hydrogen) atoms. The van der Waals surface area contributed by atoms with Gasteiger partial charge in [-0.1, -0.05) is 19.3 Å². The fourth-order valence-electron chi connectivity index (χ4n) is 3.45. The molecule has 0 aromatic carbocycles. The SMILES string of the molecule is NCC1CCCCC1NC(=O)C1CCCC(N)C1. The molecule has 4 atom stereocenters. The highest BCUT2D eigenvalue weighted by molar-refractivity contribution is 5.79. The molecule has 2 saturated carbocycles. The zero-order valence-corrected chi connectivity index (χ0v) is 11.2. The first-order chi connectivity index (χ1) is 8.70. The van der Waals surface area contributed by atoms with Gasteiger partial charge in [-0.3, -0.25) is 4.79 Å². The number of carbonyl (C=O) groups is 1. The van der Waals surface area contributed by atoms with E-state index >= 15 is 0 Å². The Morgan fingerprint density at radius 1 is 1.11 bits per heavy atom. The number of hydrogen-bond donors (Lipinski definition) is 3. The van der Waals surface area contributed by atoms with Crippen LogP contribution in [0.2, 0.25) is 0 Å². The van der Waals surface area contributed by atoms with E-state index in [4.69, 9.17) is 11.5 Å². The molecule has 0 spiro atoms. The lowest BCUT2D eigenvalue weighted by molar-refractivity contribution is -0.127. The standard InChI is InChI=1S/C14H27N3O/c15-9-11-4-1-2-7-13(11)17-14(18)10-5-3-6-12(16)8-10/h10-13H,1-9,15-16H2,(H,17,18). The molecule has 2 aliphatic carbocycles. The fourth-order valence-corrected chi connectivity index (χ4v) is 3.45. The normalized spacial score (nSPS) is 37.2. The van der Waals surface area contributed by atoms with Crippen molar-refractivity contribution < 1.29 is 4.79 Å². The van der Waals surface area contributed by atoms with Gasteiger partial charge in [-0.05, 0) is 44.6 Å². The molecule has 0 aromatic rings. The summed E-state index contributed by atoms with van der Waals surface area (Å²) in [5, 5.41) is 3.24. The Labute approximate surface area is 110 Å². The van der Waals surface area contributed by atoms with E-state index in [0.29, 0.717) is 18.5 Å². The van der Waals surface area contributed by atoms with E-state index in [1.807, 2.05) is 0 Å². The third-order valence-electron chi connectivity index (χ3n) is 4.63. The van der Waals surface area contributed by atoms with Crippen LogP contribution in [-0.2, 0) is 4.79 Å². The Balaban J connectivity index is 1.85. The van der Waals surface area contributed by atoms with Gasteiger partial charge in [0.05, 0.1) is 0 Å². The first-order valence-electron chi connectivity index (χ1n) is 7.46. The highest BCUT2D eigenvalue weighted by atomic mass is 16.1. The average Bonchev–Trinajstić information content (AvgIpc) is 2.39. The van der Waals surface area contributed by atoms with E-state index < -0.39 is 0 Å². The number of carbonyl (C=O) groups excluding carboxylic acids is 1. The maximum absolute atomic E-state index is 12.3. The van der Waals surface area contributed by atoms with Crippen molar-refractivity contribution in [1.82, 2.24) is 5.32 Å². The minimum Gasteiger partial charge on any atom is -0.353 e. The van der Waals surface area contributed by atoms with Gasteiger partial charge >= 0.3 is 0 Å². The Kier molecular flexibility index (Phi) is 5.01. The Bertz CT molecular complexity index is 282. The molecule has 2 fully saturated rings. The molecular formula is C14H27N3O. The summed E-state index contributed by atoms with van der Waals surface area (Å²) in [5.74, 6) is 0.824. The Morgan fingerprint density at radius 3 is 2.61 bits per heavy atom. The lowest BCUT2D eigenvalue weighted by atomic mass is 9.82. The van der Waals surface area contributed by atoms with Gasteiger partial charge < -0.3 is 16.8 Å². The molecule has 4 heteroatoms. The summed E-state index contributed by atoms with van der Waals surface area (Å²) in [4.78, 5) is 12.3. The van der Waals surface area contributed by atoms with Gasteiger partial charge in [0.15, 0.2) is 0 Å². The lowest BCUT2D eigenvalue weighted by Crippen LogP contribution is -2.48. The second-order valence-corrected chi connectivity index (χ2v) is 6.02. The van der Waals surface area contributed by atoms with Crippen molar-refractivity contribution in [1.29, 1.82) is 0 Å². The maximum atomic E-state index is 12.3. The molecule has 0 saturated heterocycles. The average molecular weight is 253 g/mol. The van der Waals surface area contributed by atoms with E-state index in [-0.39, 0.29) is 17.9 Å². The highest BCUT2D eigenvalue weighted by Gasteiger charge is 2.30. The summed E-state index contributed by atoms with van der Waals surface area (Å²) in [6.45, 7) is 0.690. The van der Waals surface area contributed by atoms with Crippen molar-refractivity contribution in [2.24, 2.45) is 23.3 Å². The summed E-state index contributed by atoms with van der Waals surface area (Å²) < 4.78 is 0. The molecule has 0 aliphatic heterocycles. The topological polar surface area (TPSA) is 81.1 Å². The highest BCUT2D eigenvalue weighted by Crippen LogP contribution is 2.26. The van der Waals surface area contributed by atoms with Crippen LogP contribution in [-0.4, -0.2) is 24.5 Å². The minimum absolute atomic E-state index is 0.133. The molecule has 0 bridgehead atoms. The summed E-state index contributed by atoms with van der Waals surface area (Å²) >= 11 is 0. The molecule has 5 N–H and O–H groups in total. The summed E-state index contributed by atoms with van der Waals surface area (Å²) in [5.41, 5.74) is 11.7. The Hall–Kier alpha value is -0.610. The van der Waals surface area contributed by atoms with Crippen LogP contribution < -0.4 is 16.8 Å². The third kappa shape index (κ3) is 3.45. The molecule has 1 amide bonds. The summed E-state index contributed by atoms with van der Waals surface area (Å²) in [7, 11) is 0. The first-order valence-corrected chi connectivity index (χ1v) is 7.46. The van der Waals surface area contributed by atoms with Crippen molar-refractivity contribution in [3.63, 3.8) is 0 Å². The minimum atomic E-state index is 0.133. The van der Waals surface area contributed by atoms with Crippen LogP contribution in [0.15, 0.2) is 0 Å². The molecule has 2 rings (SSSR count). The van der Waals surface area contributed by atoms with Crippen molar-refractivity contribution in [2.75, 3.05) is 6.54 Å². The predicted octanol–water partition coefficient (Wildman–Crippen LogP) is 1.14. The van der Waals surface area contributed by atoms with Crippen LogP contribution in [0.25, 0.3) is 0 Å². The molecule has 0 radical (unpaired) electrons. The van der Waals surface area contributed by atoms with Crippen LogP contribution in [0.5, 0.6) is 0 Å². The maximum Gasteiger partial charge on any atom is 0.223 e.